The normalized spacial score (nSPS) is 17.8. The van der Waals surface area contributed by atoms with E-state index in [-0.39, 0.29) is 12.5 Å². The molecule has 3 amide bonds. The molecule has 0 spiro atoms. The van der Waals surface area contributed by atoms with Gasteiger partial charge in [-0.3, -0.25) is 4.79 Å². The lowest BCUT2D eigenvalue weighted by atomic mass is 9.76. The van der Waals surface area contributed by atoms with Crippen molar-refractivity contribution in [3.8, 4) is 0 Å². The van der Waals surface area contributed by atoms with Crippen LogP contribution in [-0.4, -0.2) is 29.2 Å². The van der Waals surface area contributed by atoms with Crippen molar-refractivity contribution in [2.45, 2.75) is 33.1 Å². The van der Waals surface area contributed by atoms with Crippen LogP contribution in [-0.2, 0) is 10.2 Å². The Hall–Kier alpha value is -3.15. The molecule has 0 saturated carbocycles. The Balaban J connectivity index is 1.81. The van der Waals surface area contributed by atoms with Crippen molar-refractivity contribution in [2.24, 2.45) is 10.5 Å². The highest BCUT2D eigenvalue weighted by Crippen LogP contribution is 2.37. The molecule has 1 atom stereocenters. The van der Waals surface area contributed by atoms with Crippen LogP contribution in [0, 0.1) is 5.41 Å². The van der Waals surface area contributed by atoms with E-state index in [2.05, 4.69) is 6.92 Å². The third-order valence-corrected chi connectivity index (χ3v) is 6.58. The van der Waals surface area contributed by atoms with Gasteiger partial charge in [-0.25, -0.2) is 14.7 Å². The summed E-state index contributed by atoms with van der Waals surface area (Å²) in [5, 5.41) is 7.30. The maximum Gasteiger partial charge on any atom is 0.351 e. The van der Waals surface area contributed by atoms with E-state index in [1.807, 2.05) is 42.5 Å². The molecular formula is C28H27Cl2N3O2. The third-order valence-electron chi connectivity index (χ3n) is 6.08. The Bertz CT molecular complexity index is 1270. The number of carbonyl (C=O) groups is 2. The number of hydrogen-bond acceptors (Lipinski definition) is 3. The Morgan fingerprint density at radius 3 is 1.97 bits per heavy atom. The highest BCUT2D eigenvalue weighted by molar-refractivity contribution is 6.31. The van der Waals surface area contributed by atoms with Crippen molar-refractivity contribution in [2.75, 3.05) is 11.4 Å². The van der Waals surface area contributed by atoms with E-state index >= 15 is 0 Å². The van der Waals surface area contributed by atoms with E-state index in [0.29, 0.717) is 15.7 Å². The number of rotatable bonds is 3. The minimum absolute atomic E-state index is 0.273. The lowest BCUT2D eigenvalue weighted by Gasteiger charge is -2.31. The fraction of sp³-hybridized carbons (Fsp3) is 0.250. The van der Waals surface area contributed by atoms with Gasteiger partial charge in [0, 0.05) is 15.5 Å². The summed E-state index contributed by atoms with van der Waals surface area (Å²) in [6.45, 7) is 7.68. The number of carbonyl (C=O) groups excluding carboxylic acids is 2. The molecule has 0 bridgehead atoms. The summed E-state index contributed by atoms with van der Waals surface area (Å²) in [5.74, 6) is -0.332. The zero-order valence-electron chi connectivity index (χ0n) is 20.1. The van der Waals surface area contributed by atoms with Gasteiger partial charge >= 0.3 is 6.03 Å². The third kappa shape index (κ3) is 4.97. The Labute approximate surface area is 216 Å². The van der Waals surface area contributed by atoms with Gasteiger partial charge in [-0.15, -0.1) is 0 Å². The number of anilines is 1. The van der Waals surface area contributed by atoms with Crippen LogP contribution in [0.25, 0.3) is 0 Å². The molecule has 3 aromatic rings. The van der Waals surface area contributed by atoms with E-state index in [0.717, 1.165) is 16.8 Å². The van der Waals surface area contributed by atoms with Gasteiger partial charge in [0.15, 0.2) is 0 Å². The molecule has 1 heterocycles. The largest absolute Gasteiger partial charge is 0.351 e. The summed E-state index contributed by atoms with van der Waals surface area (Å²) in [4.78, 5) is 28.6. The average molecular weight is 508 g/mol. The zero-order valence-corrected chi connectivity index (χ0v) is 21.6. The molecule has 35 heavy (non-hydrogen) atoms. The lowest BCUT2D eigenvalue weighted by Crippen LogP contribution is -2.49. The van der Waals surface area contributed by atoms with Crippen LogP contribution in [0.1, 0.15) is 38.8 Å². The van der Waals surface area contributed by atoms with E-state index in [9.17, 15) is 9.59 Å². The number of hydrazone groups is 1. The monoisotopic (exact) mass is 507 g/mol. The van der Waals surface area contributed by atoms with E-state index in [1.165, 1.54) is 9.91 Å². The van der Waals surface area contributed by atoms with Crippen molar-refractivity contribution in [1.82, 2.24) is 5.01 Å². The van der Waals surface area contributed by atoms with Crippen molar-refractivity contribution < 1.29 is 9.59 Å². The Morgan fingerprint density at radius 2 is 1.43 bits per heavy atom. The average Bonchev–Trinajstić information content (AvgIpc) is 3.19. The Morgan fingerprint density at radius 1 is 0.886 bits per heavy atom. The molecule has 0 fully saturated rings. The molecule has 1 aliphatic rings. The number of halogens is 2. The van der Waals surface area contributed by atoms with E-state index < -0.39 is 16.9 Å². The number of benzene rings is 3. The standard InChI is InChI=1S/C28H27Cl2N3O2/c1-27(2,3)25(34)33(23-16-14-22(30)15-17-23)26(35)32-18-28(4,20-8-6-5-7-9-20)24(31-32)19-10-12-21(29)13-11-19/h5-17H,18H2,1-4H3. The minimum Gasteiger partial charge on any atom is -0.273 e. The van der Waals surface area contributed by atoms with Crippen LogP contribution in [0.2, 0.25) is 10.0 Å². The first-order valence-corrected chi connectivity index (χ1v) is 12.1. The van der Waals surface area contributed by atoms with Crippen LogP contribution in [0.15, 0.2) is 84.0 Å². The summed E-state index contributed by atoms with van der Waals surface area (Å²) in [7, 11) is 0. The van der Waals surface area contributed by atoms with Gasteiger partial charge in [-0.05, 0) is 54.4 Å². The topological polar surface area (TPSA) is 53.0 Å². The van der Waals surface area contributed by atoms with Crippen molar-refractivity contribution in [3.63, 3.8) is 0 Å². The highest BCUT2D eigenvalue weighted by Gasteiger charge is 2.45. The summed E-state index contributed by atoms with van der Waals surface area (Å²) < 4.78 is 0. The van der Waals surface area contributed by atoms with Gasteiger partial charge in [0.25, 0.3) is 0 Å². The molecule has 1 aliphatic heterocycles. The predicted octanol–water partition coefficient (Wildman–Crippen LogP) is 7.17. The molecule has 1 unspecified atom stereocenters. The van der Waals surface area contributed by atoms with E-state index in [1.54, 1.807) is 57.2 Å². The number of imide groups is 1. The lowest BCUT2D eigenvalue weighted by molar-refractivity contribution is -0.125. The number of nitrogens with zero attached hydrogens (tertiary/aromatic N) is 3. The molecule has 180 valence electrons. The second-order valence-corrected chi connectivity index (χ2v) is 10.7. The molecule has 5 nitrogen and oxygen atoms in total. The summed E-state index contributed by atoms with van der Waals surface area (Å²) in [6, 6.07) is 23.5. The van der Waals surface area contributed by atoms with Crippen LogP contribution in [0.5, 0.6) is 0 Å². The molecule has 0 saturated heterocycles. The fourth-order valence-electron chi connectivity index (χ4n) is 4.12. The molecular weight excluding hydrogens is 481 g/mol. The van der Waals surface area contributed by atoms with Crippen LogP contribution in [0.3, 0.4) is 0 Å². The molecule has 4 rings (SSSR count). The van der Waals surface area contributed by atoms with Crippen molar-refractivity contribution in [1.29, 1.82) is 0 Å². The van der Waals surface area contributed by atoms with Gasteiger partial charge in [-0.1, -0.05) is 86.4 Å². The summed E-state index contributed by atoms with van der Waals surface area (Å²) in [6.07, 6.45) is 0. The van der Waals surface area contributed by atoms with Gasteiger partial charge in [0.2, 0.25) is 5.91 Å². The molecule has 3 aromatic carbocycles. The van der Waals surface area contributed by atoms with Crippen LogP contribution in [0.4, 0.5) is 10.5 Å². The number of hydrogen-bond donors (Lipinski definition) is 0. The van der Waals surface area contributed by atoms with Gasteiger partial charge in [0.1, 0.15) is 0 Å². The van der Waals surface area contributed by atoms with Gasteiger partial charge in [0.05, 0.1) is 23.4 Å². The molecule has 0 N–H and O–H groups in total. The zero-order chi connectivity index (χ0) is 25.4. The minimum atomic E-state index is -0.791. The maximum absolute atomic E-state index is 13.9. The molecule has 7 heteroatoms. The van der Waals surface area contributed by atoms with Crippen LogP contribution >= 0.6 is 23.2 Å². The van der Waals surface area contributed by atoms with Crippen molar-refractivity contribution >= 4 is 46.5 Å². The Kier molecular flexibility index (Phi) is 6.76. The first-order valence-electron chi connectivity index (χ1n) is 11.3. The molecule has 0 radical (unpaired) electrons. The molecule has 0 aliphatic carbocycles. The molecule has 0 aromatic heterocycles. The fourth-order valence-corrected chi connectivity index (χ4v) is 4.38. The maximum atomic E-state index is 13.9. The van der Waals surface area contributed by atoms with Gasteiger partial charge in [-0.2, -0.15) is 5.10 Å². The second kappa shape index (κ2) is 9.48. The quantitative estimate of drug-likeness (QED) is 0.377. The predicted molar refractivity (Wildman–Crippen MR) is 142 cm³/mol. The first kappa shape index (κ1) is 25.0. The smallest absolute Gasteiger partial charge is 0.273 e. The van der Waals surface area contributed by atoms with E-state index in [4.69, 9.17) is 28.3 Å². The van der Waals surface area contributed by atoms with Gasteiger partial charge < -0.3 is 0 Å². The second-order valence-electron chi connectivity index (χ2n) is 9.86. The summed E-state index contributed by atoms with van der Waals surface area (Å²) in [5.41, 5.74) is 1.66. The SMILES string of the molecule is CC(C)(C)C(=O)N(C(=O)N1CC(C)(c2ccccc2)C(c2ccc(Cl)cc2)=N1)c1ccc(Cl)cc1. The number of amides is 3. The summed E-state index contributed by atoms with van der Waals surface area (Å²) >= 11 is 12.2. The van der Waals surface area contributed by atoms with Crippen LogP contribution < -0.4 is 4.90 Å². The first-order chi connectivity index (χ1) is 16.5. The number of urea groups is 1. The highest BCUT2D eigenvalue weighted by atomic mass is 35.5. The van der Waals surface area contributed by atoms with Crippen molar-refractivity contribution in [3.05, 3.63) is 100 Å².